The molecule has 0 atom stereocenters. The molecule has 1 fully saturated rings. The largest absolute Gasteiger partial charge is 0.339 e. The summed E-state index contributed by atoms with van der Waals surface area (Å²) in [5, 5.41) is 1.23. The van der Waals surface area contributed by atoms with E-state index < -0.39 is 0 Å². The molecule has 0 bridgehead atoms. The summed E-state index contributed by atoms with van der Waals surface area (Å²) in [6, 6.07) is 10.2. The van der Waals surface area contributed by atoms with Gasteiger partial charge in [0.1, 0.15) is 5.82 Å². The number of carbonyl (C=O) groups excluding carboxylic acids is 1. The lowest BCUT2D eigenvalue weighted by Gasteiger charge is -2.31. The van der Waals surface area contributed by atoms with Crippen molar-refractivity contribution in [1.29, 1.82) is 0 Å². The summed E-state index contributed by atoms with van der Waals surface area (Å²) >= 11 is 0. The predicted octanol–water partition coefficient (Wildman–Crippen LogP) is 4.24. The van der Waals surface area contributed by atoms with E-state index in [4.69, 9.17) is 0 Å². The summed E-state index contributed by atoms with van der Waals surface area (Å²) in [5.74, 6) is 0.492. The molecule has 1 aliphatic rings. The molecule has 1 amide bonds. The van der Waals surface area contributed by atoms with Crippen molar-refractivity contribution in [2.24, 2.45) is 5.92 Å². The topological polar surface area (TPSA) is 20.3 Å². The maximum atomic E-state index is 13.8. The zero-order valence-corrected chi connectivity index (χ0v) is 12.3. The van der Waals surface area contributed by atoms with Crippen LogP contribution in [0.5, 0.6) is 0 Å². The average molecular weight is 285 g/mol. The van der Waals surface area contributed by atoms with Crippen molar-refractivity contribution < 1.29 is 9.18 Å². The quantitative estimate of drug-likeness (QED) is 0.808. The van der Waals surface area contributed by atoms with Gasteiger partial charge in [-0.2, -0.15) is 0 Å². The zero-order chi connectivity index (χ0) is 14.8. The Bertz CT molecular complexity index is 659. The molecule has 110 valence electrons. The molecule has 21 heavy (non-hydrogen) atoms. The molecule has 0 radical (unpaired) electrons. The van der Waals surface area contributed by atoms with Crippen LogP contribution in [0.15, 0.2) is 36.4 Å². The third kappa shape index (κ3) is 2.65. The highest BCUT2D eigenvalue weighted by atomic mass is 19.1. The normalized spacial score (nSPS) is 16.4. The molecule has 3 heteroatoms. The summed E-state index contributed by atoms with van der Waals surface area (Å²) in [4.78, 5) is 14.6. The van der Waals surface area contributed by atoms with Crippen molar-refractivity contribution >= 4 is 16.7 Å². The van der Waals surface area contributed by atoms with Gasteiger partial charge in [0.25, 0.3) is 5.91 Å². The van der Waals surface area contributed by atoms with Crippen LogP contribution >= 0.6 is 0 Å². The molecule has 3 rings (SSSR count). The van der Waals surface area contributed by atoms with E-state index >= 15 is 0 Å². The van der Waals surface area contributed by atoms with E-state index in [-0.39, 0.29) is 11.7 Å². The van der Waals surface area contributed by atoms with E-state index in [1.165, 1.54) is 12.5 Å². The van der Waals surface area contributed by atoms with Gasteiger partial charge >= 0.3 is 0 Å². The van der Waals surface area contributed by atoms with Crippen molar-refractivity contribution in [3.63, 3.8) is 0 Å². The number of likely N-dealkylation sites (tertiary alicyclic amines) is 1. The van der Waals surface area contributed by atoms with Crippen molar-refractivity contribution in [3.05, 3.63) is 47.8 Å². The van der Waals surface area contributed by atoms with E-state index in [1.807, 2.05) is 17.0 Å². The second-order valence-electron chi connectivity index (χ2n) is 5.78. The van der Waals surface area contributed by atoms with Gasteiger partial charge in [0.2, 0.25) is 0 Å². The molecule has 2 aromatic rings. The van der Waals surface area contributed by atoms with Crippen LogP contribution in [0.1, 0.15) is 36.5 Å². The van der Waals surface area contributed by atoms with Crippen LogP contribution in [-0.2, 0) is 0 Å². The van der Waals surface area contributed by atoms with Crippen LogP contribution in [0.4, 0.5) is 4.39 Å². The number of carbonyl (C=O) groups is 1. The fourth-order valence-electron chi connectivity index (χ4n) is 3.16. The Morgan fingerprint density at radius 3 is 2.48 bits per heavy atom. The van der Waals surface area contributed by atoms with Gasteiger partial charge in [0.05, 0.1) is 0 Å². The number of rotatable bonds is 2. The van der Waals surface area contributed by atoms with Gasteiger partial charge in [0.15, 0.2) is 0 Å². The van der Waals surface area contributed by atoms with Crippen molar-refractivity contribution in [3.8, 4) is 0 Å². The molecule has 0 unspecified atom stereocenters. The number of piperidine rings is 1. The molecule has 1 saturated heterocycles. The van der Waals surface area contributed by atoms with E-state index in [9.17, 15) is 9.18 Å². The van der Waals surface area contributed by atoms with Gasteiger partial charge in [-0.25, -0.2) is 4.39 Å². The minimum absolute atomic E-state index is 0.0285. The van der Waals surface area contributed by atoms with Gasteiger partial charge in [0, 0.05) is 24.0 Å². The standard InChI is InChI=1S/C18H20FNO/c1-2-13-9-11-20(12-10-13)18(21)16-7-8-17(19)15-6-4-3-5-14(15)16/h3-8,13H,2,9-12H2,1H3. The fourth-order valence-corrected chi connectivity index (χ4v) is 3.16. The average Bonchev–Trinajstić information content (AvgIpc) is 2.55. The molecular formula is C18H20FNO. The fraction of sp³-hybridized carbons (Fsp3) is 0.389. The van der Waals surface area contributed by atoms with Crippen LogP contribution < -0.4 is 0 Å². The Morgan fingerprint density at radius 1 is 1.14 bits per heavy atom. The second-order valence-corrected chi connectivity index (χ2v) is 5.78. The third-order valence-corrected chi connectivity index (χ3v) is 4.58. The highest BCUT2D eigenvalue weighted by Crippen LogP contribution is 2.26. The molecule has 0 spiro atoms. The molecule has 0 saturated carbocycles. The van der Waals surface area contributed by atoms with Crippen LogP contribution in [0, 0.1) is 11.7 Å². The van der Waals surface area contributed by atoms with Gasteiger partial charge in [-0.05, 0) is 36.3 Å². The molecule has 0 N–H and O–H groups in total. The Hall–Kier alpha value is -1.90. The number of fused-ring (bicyclic) bond motifs is 1. The molecule has 1 heterocycles. The summed E-state index contributed by atoms with van der Waals surface area (Å²) in [6.45, 7) is 3.82. The molecule has 0 aliphatic carbocycles. The lowest BCUT2D eigenvalue weighted by molar-refractivity contribution is 0.0691. The number of benzene rings is 2. The van der Waals surface area contributed by atoms with Gasteiger partial charge in [-0.15, -0.1) is 0 Å². The van der Waals surface area contributed by atoms with Crippen LogP contribution in [0.3, 0.4) is 0 Å². The van der Waals surface area contributed by atoms with E-state index in [2.05, 4.69) is 6.92 Å². The first kappa shape index (κ1) is 14.1. The van der Waals surface area contributed by atoms with Crippen molar-refractivity contribution in [2.75, 3.05) is 13.1 Å². The maximum absolute atomic E-state index is 13.8. The van der Waals surface area contributed by atoms with Gasteiger partial charge in [-0.3, -0.25) is 4.79 Å². The Balaban J connectivity index is 1.90. The van der Waals surface area contributed by atoms with E-state index in [0.717, 1.165) is 31.8 Å². The Labute approximate surface area is 124 Å². The predicted molar refractivity (Wildman–Crippen MR) is 82.8 cm³/mol. The second kappa shape index (κ2) is 5.84. The number of halogens is 1. The van der Waals surface area contributed by atoms with Crippen molar-refractivity contribution in [1.82, 2.24) is 4.90 Å². The van der Waals surface area contributed by atoms with Crippen LogP contribution in [-0.4, -0.2) is 23.9 Å². The molecular weight excluding hydrogens is 265 g/mol. The summed E-state index contributed by atoms with van der Waals surface area (Å²) < 4.78 is 13.8. The van der Waals surface area contributed by atoms with E-state index in [0.29, 0.717) is 16.3 Å². The lowest BCUT2D eigenvalue weighted by atomic mass is 9.93. The Morgan fingerprint density at radius 2 is 1.81 bits per heavy atom. The lowest BCUT2D eigenvalue weighted by Crippen LogP contribution is -2.38. The summed E-state index contributed by atoms with van der Waals surface area (Å²) in [7, 11) is 0. The molecule has 2 nitrogen and oxygen atoms in total. The smallest absolute Gasteiger partial charge is 0.254 e. The first-order valence-electron chi connectivity index (χ1n) is 7.67. The SMILES string of the molecule is CCC1CCN(C(=O)c2ccc(F)c3ccccc23)CC1. The highest BCUT2D eigenvalue weighted by molar-refractivity contribution is 6.07. The first-order chi connectivity index (χ1) is 10.2. The van der Waals surface area contributed by atoms with Gasteiger partial charge in [-0.1, -0.05) is 37.6 Å². The maximum Gasteiger partial charge on any atom is 0.254 e. The van der Waals surface area contributed by atoms with Crippen LogP contribution in [0.25, 0.3) is 10.8 Å². The molecule has 1 aliphatic heterocycles. The van der Waals surface area contributed by atoms with Gasteiger partial charge < -0.3 is 4.90 Å². The summed E-state index contributed by atoms with van der Waals surface area (Å²) in [5.41, 5.74) is 0.613. The number of nitrogens with zero attached hydrogens (tertiary/aromatic N) is 1. The van der Waals surface area contributed by atoms with E-state index in [1.54, 1.807) is 18.2 Å². The van der Waals surface area contributed by atoms with Crippen molar-refractivity contribution in [2.45, 2.75) is 26.2 Å². The first-order valence-corrected chi connectivity index (χ1v) is 7.67. The minimum Gasteiger partial charge on any atom is -0.339 e. The number of hydrogen-bond acceptors (Lipinski definition) is 1. The summed E-state index contributed by atoms with van der Waals surface area (Å²) in [6.07, 6.45) is 3.32. The highest BCUT2D eigenvalue weighted by Gasteiger charge is 2.24. The zero-order valence-electron chi connectivity index (χ0n) is 12.3. The number of hydrogen-bond donors (Lipinski definition) is 0. The monoisotopic (exact) mass is 285 g/mol. The Kier molecular flexibility index (Phi) is 3.91. The minimum atomic E-state index is -0.271. The molecule has 2 aromatic carbocycles. The number of amides is 1. The van der Waals surface area contributed by atoms with Crippen LogP contribution in [0.2, 0.25) is 0 Å². The third-order valence-electron chi connectivity index (χ3n) is 4.58. The molecule has 0 aromatic heterocycles.